The summed E-state index contributed by atoms with van der Waals surface area (Å²) >= 11 is 3.15. The first-order valence-corrected chi connectivity index (χ1v) is 5.81. The van der Waals surface area contributed by atoms with Crippen molar-refractivity contribution < 1.29 is 13.9 Å². The molecule has 0 atom stereocenters. The predicted molar refractivity (Wildman–Crippen MR) is 60.8 cm³/mol. The van der Waals surface area contributed by atoms with Crippen LogP contribution in [0, 0.1) is 5.82 Å². The Morgan fingerprint density at radius 3 is 2.88 bits per heavy atom. The van der Waals surface area contributed by atoms with Gasteiger partial charge in [-0.25, -0.2) is 4.39 Å². The van der Waals surface area contributed by atoms with E-state index in [1.54, 1.807) is 6.07 Å². The van der Waals surface area contributed by atoms with Crippen molar-refractivity contribution in [2.45, 2.75) is 18.9 Å². The van der Waals surface area contributed by atoms with Gasteiger partial charge in [-0.2, -0.15) is 0 Å². The van der Waals surface area contributed by atoms with E-state index >= 15 is 0 Å². The first-order valence-electron chi connectivity index (χ1n) is 5.02. The van der Waals surface area contributed by atoms with E-state index in [2.05, 4.69) is 21.2 Å². The normalized spacial score (nSPS) is 14.6. The Hall–Kier alpha value is -1.10. The lowest BCUT2D eigenvalue weighted by Gasteiger charge is -2.07. The first kappa shape index (κ1) is 11.4. The number of rotatable bonds is 4. The van der Waals surface area contributed by atoms with E-state index < -0.39 is 5.82 Å². The lowest BCUT2D eigenvalue weighted by Crippen LogP contribution is -2.30. The van der Waals surface area contributed by atoms with Gasteiger partial charge in [0.05, 0.1) is 0 Å². The summed E-state index contributed by atoms with van der Waals surface area (Å²) in [6.45, 7) is -0.0770. The highest BCUT2D eigenvalue weighted by atomic mass is 79.9. The molecule has 1 aromatic carbocycles. The average molecular weight is 288 g/mol. The molecule has 1 aliphatic carbocycles. The average Bonchev–Trinajstić information content (AvgIpc) is 2.97. The highest BCUT2D eigenvalue weighted by Crippen LogP contribution is 2.21. The number of nitrogens with one attached hydrogen (secondary N) is 1. The molecule has 0 unspecified atom stereocenters. The molecule has 0 heterocycles. The number of amides is 1. The third kappa shape index (κ3) is 3.48. The van der Waals surface area contributed by atoms with Gasteiger partial charge in [-0.15, -0.1) is 0 Å². The lowest BCUT2D eigenvalue weighted by atomic mass is 10.3. The molecule has 1 fully saturated rings. The van der Waals surface area contributed by atoms with Crippen LogP contribution in [0.4, 0.5) is 4.39 Å². The van der Waals surface area contributed by atoms with Crippen LogP contribution in [-0.2, 0) is 4.79 Å². The van der Waals surface area contributed by atoms with Crippen molar-refractivity contribution in [1.29, 1.82) is 0 Å². The van der Waals surface area contributed by atoms with E-state index in [0.717, 1.165) is 12.8 Å². The monoisotopic (exact) mass is 287 g/mol. The molecule has 1 aliphatic rings. The highest BCUT2D eigenvalue weighted by Gasteiger charge is 2.23. The highest BCUT2D eigenvalue weighted by molar-refractivity contribution is 9.10. The van der Waals surface area contributed by atoms with Crippen LogP contribution in [0.2, 0.25) is 0 Å². The lowest BCUT2D eigenvalue weighted by molar-refractivity contribution is -0.123. The van der Waals surface area contributed by atoms with Gasteiger partial charge in [-0.05, 0) is 25.0 Å². The molecule has 86 valence electrons. The van der Waals surface area contributed by atoms with E-state index in [-0.39, 0.29) is 12.5 Å². The van der Waals surface area contributed by atoms with Crippen LogP contribution in [0.5, 0.6) is 5.75 Å². The largest absolute Gasteiger partial charge is 0.484 e. The third-order valence-electron chi connectivity index (χ3n) is 2.15. The fourth-order valence-corrected chi connectivity index (χ4v) is 1.70. The molecule has 5 heteroatoms. The Labute approximate surface area is 101 Å². The summed E-state index contributed by atoms with van der Waals surface area (Å²) in [5.74, 6) is -0.215. The molecule has 1 saturated carbocycles. The van der Waals surface area contributed by atoms with E-state index in [0.29, 0.717) is 16.3 Å². The minimum Gasteiger partial charge on any atom is -0.484 e. The molecule has 1 aromatic rings. The second kappa shape index (κ2) is 4.82. The zero-order valence-electron chi connectivity index (χ0n) is 8.50. The van der Waals surface area contributed by atoms with Gasteiger partial charge in [0, 0.05) is 16.6 Å². The van der Waals surface area contributed by atoms with E-state index in [1.165, 1.54) is 12.1 Å². The van der Waals surface area contributed by atoms with Gasteiger partial charge in [0.2, 0.25) is 0 Å². The zero-order valence-corrected chi connectivity index (χ0v) is 10.1. The van der Waals surface area contributed by atoms with Crippen LogP contribution in [-0.4, -0.2) is 18.6 Å². The Kier molecular flexibility index (Phi) is 3.43. The molecular formula is C11H11BrFNO2. The molecule has 2 rings (SSSR count). The van der Waals surface area contributed by atoms with E-state index in [4.69, 9.17) is 4.74 Å². The number of halogens is 2. The Morgan fingerprint density at radius 1 is 1.50 bits per heavy atom. The van der Waals surface area contributed by atoms with E-state index in [1.807, 2.05) is 0 Å². The summed E-state index contributed by atoms with van der Waals surface area (Å²) in [6.07, 6.45) is 2.08. The summed E-state index contributed by atoms with van der Waals surface area (Å²) in [7, 11) is 0. The van der Waals surface area contributed by atoms with Crippen LogP contribution >= 0.6 is 15.9 Å². The van der Waals surface area contributed by atoms with Crippen molar-refractivity contribution >= 4 is 21.8 Å². The van der Waals surface area contributed by atoms with Gasteiger partial charge in [0.1, 0.15) is 11.6 Å². The molecule has 0 aliphatic heterocycles. The second-order valence-corrected chi connectivity index (χ2v) is 4.65. The number of hydrogen-bond acceptors (Lipinski definition) is 2. The molecule has 0 spiro atoms. The minimum absolute atomic E-state index is 0.0770. The zero-order chi connectivity index (χ0) is 11.5. The standard InChI is InChI=1S/C11H11BrFNO2/c12-7-3-8(13)5-10(4-7)16-6-11(15)14-9-1-2-9/h3-5,9H,1-2,6H2,(H,14,15). The Balaban J connectivity index is 1.85. The van der Waals surface area contributed by atoms with Gasteiger partial charge < -0.3 is 10.1 Å². The summed E-state index contributed by atoms with van der Waals surface area (Å²) in [4.78, 5) is 11.3. The van der Waals surface area contributed by atoms with Crippen LogP contribution in [0.3, 0.4) is 0 Å². The number of ether oxygens (including phenoxy) is 1. The molecular weight excluding hydrogens is 277 g/mol. The van der Waals surface area contributed by atoms with Gasteiger partial charge >= 0.3 is 0 Å². The van der Waals surface area contributed by atoms with Crippen LogP contribution in [0.15, 0.2) is 22.7 Å². The number of carbonyl (C=O) groups is 1. The number of hydrogen-bond donors (Lipinski definition) is 1. The van der Waals surface area contributed by atoms with Crippen LogP contribution < -0.4 is 10.1 Å². The molecule has 1 N–H and O–H groups in total. The van der Waals surface area contributed by atoms with Gasteiger partial charge in [-0.3, -0.25) is 4.79 Å². The molecule has 0 aromatic heterocycles. The van der Waals surface area contributed by atoms with Gasteiger partial charge in [-0.1, -0.05) is 15.9 Å². The third-order valence-corrected chi connectivity index (χ3v) is 2.61. The maximum absolute atomic E-state index is 13.0. The van der Waals surface area contributed by atoms with Crippen molar-refractivity contribution in [1.82, 2.24) is 5.32 Å². The molecule has 3 nitrogen and oxygen atoms in total. The molecule has 0 bridgehead atoms. The predicted octanol–water partition coefficient (Wildman–Crippen LogP) is 2.25. The maximum atomic E-state index is 13.0. The van der Waals surface area contributed by atoms with Gasteiger partial charge in [0.25, 0.3) is 5.91 Å². The fourth-order valence-electron chi connectivity index (χ4n) is 1.26. The molecule has 16 heavy (non-hydrogen) atoms. The Bertz CT molecular complexity index is 387. The van der Waals surface area contributed by atoms with Gasteiger partial charge in [0.15, 0.2) is 6.61 Å². The number of benzene rings is 1. The van der Waals surface area contributed by atoms with Crippen molar-refractivity contribution in [3.63, 3.8) is 0 Å². The van der Waals surface area contributed by atoms with Crippen LogP contribution in [0.1, 0.15) is 12.8 Å². The SMILES string of the molecule is O=C(COc1cc(F)cc(Br)c1)NC1CC1. The number of carbonyl (C=O) groups excluding carboxylic acids is 1. The van der Waals surface area contributed by atoms with E-state index in [9.17, 15) is 9.18 Å². The molecule has 1 amide bonds. The molecule has 0 radical (unpaired) electrons. The topological polar surface area (TPSA) is 38.3 Å². The minimum atomic E-state index is -0.396. The van der Waals surface area contributed by atoms with Crippen molar-refractivity contribution in [2.24, 2.45) is 0 Å². The van der Waals surface area contributed by atoms with Crippen molar-refractivity contribution in [3.8, 4) is 5.75 Å². The van der Waals surface area contributed by atoms with Crippen molar-refractivity contribution in [2.75, 3.05) is 6.61 Å². The molecule has 0 saturated heterocycles. The fraction of sp³-hybridized carbons (Fsp3) is 0.364. The van der Waals surface area contributed by atoms with Crippen LogP contribution in [0.25, 0.3) is 0 Å². The second-order valence-electron chi connectivity index (χ2n) is 3.74. The first-order chi connectivity index (χ1) is 7.63. The van der Waals surface area contributed by atoms with Crippen molar-refractivity contribution in [3.05, 3.63) is 28.5 Å². The summed E-state index contributed by atoms with van der Waals surface area (Å²) < 4.78 is 18.7. The summed E-state index contributed by atoms with van der Waals surface area (Å²) in [6, 6.07) is 4.51. The Morgan fingerprint density at radius 2 is 2.25 bits per heavy atom. The quantitative estimate of drug-likeness (QED) is 0.922. The smallest absolute Gasteiger partial charge is 0.258 e. The summed E-state index contributed by atoms with van der Waals surface area (Å²) in [5.41, 5.74) is 0. The summed E-state index contributed by atoms with van der Waals surface area (Å²) in [5, 5.41) is 2.78. The maximum Gasteiger partial charge on any atom is 0.258 e.